The fraction of sp³-hybridized carbons (Fsp3) is 0.286. The van der Waals surface area contributed by atoms with Crippen LogP contribution >= 0.6 is 31.9 Å². The third kappa shape index (κ3) is 2.17. The van der Waals surface area contributed by atoms with Gasteiger partial charge < -0.3 is 4.74 Å². The average Bonchev–Trinajstić information content (AvgIpc) is 2.07. The first-order valence-electron chi connectivity index (χ1n) is 3.24. The predicted octanol–water partition coefficient (Wildman–Crippen LogP) is 3.55. The van der Waals surface area contributed by atoms with E-state index in [1.165, 1.54) is 13.3 Å². The van der Waals surface area contributed by atoms with E-state index in [1.54, 1.807) is 0 Å². The standard InChI is InChI=1S/C7H5Br2F2NO/c1-13-5-4(7(10)11)3(8)2-12-6(5)9/h2,7H,1H3. The van der Waals surface area contributed by atoms with Crippen molar-refractivity contribution < 1.29 is 13.5 Å². The van der Waals surface area contributed by atoms with Gasteiger partial charge in [-0.1, -0.05) is 0 Å². The van der Waals surface area contributed by atoms with E-state index in [9.17, 15) is 8.78 Å². The molecule has 0 radical (unpaired) electrons. The van der Waals surface area contributed by atoms with E-state index in [-0.39, 0.29) is 20.4 Å². The van der Waals surface area contributed by atoms with Crippen LogP contribution in [0.5, 0.6) is 5.75 Å². The molecule has 0 N–H and O–H groups in total. The number of ether oxygens (including phenoxy) is 1. The van der Waals surface area contributed by atoms with Crippen molar-refractivity contribution in [3.8, 4) is 5.75 Å². The highest BCUT2D eigenvalue weighted by molar-refractivity contribution is 9.11. The molecule has 0 bridgehead atoms. The lowest BCUT2D eigenvalue weighted by Crippen LogP contribution is -1.96. The van der Waals surface area contributed by atoms with Crippen LogP contribution in [0.15, 0.2) is 15.3 Å². The summed E-state index contributed by atoms with van der Waals surface area (Å²) in [7, 11) is 1.32. The van der Waals surface area contributed by atoms with E-state index >= 15 is 0 Å². The number of methoxy groups -OCH3 is 1. The maximum atomic E-state index is 12.5. The first-order valence-corrected chi connectivity index (χ1v) is 4.82. The highest BCUT2D eigenvalue weighted by Crippen LogP contribution is 2.38. The number of rotatable bonds is 2. The fourth-order valence-electron chi connectivity index (χ4n) is 0.859. The Kier molecular flexibility index (Phi) is 3.61. The predicted molar refractivity (Wildman–Crippen MR) is 51.1 cm³/mol. The van der Waals surface area contributed by atoms with Crippen molar-refractivity contribution in [1.29, 1.82) is 0 Å². The Morgan fingerprint density at radius 1 is 1.46 bits per heavy atom. The Morgan fingerprint density at radius 3 is 2.46 bits per heavy atom. The molecule has 1 aromatic heterocycles. The van der Waals surface area contributed by atoms with Gasteiger partial charge in [0.1, 0.15) is 4.60 Å². The summed E-state index contributed by atoms with van der Waals surface area (Å²) in [4.78, 5) is 3.80. The summed E-state index contributed by atoms with van der Waals surface area (Å²) in [5.74, 6) is 0.0596. The molecule has 0 amide bonds. The third-order valence-corrected chi connectivity index (χ3v) is 2.60. The minimum Gasteiger partial charge on any atom is -0.493 e. The first-order chi connectivity index (χ1) is 6.07. The van der Waals surface area contributed by atoms with Crippen molar-refractivity contribution in [2.24, 2.45) is 0 Å². The van der Waals surface area contributed by atoms with Gasteiger partial charge in [-0.05, 0) is 31.9 Å². The number of pyridine rings is 1. The van der Waals surface area contributed by atoms with E-state index in [0.717, 1.165) is 0 Å². The molecular weight excluding hydrogens is 312 g/mol. The zero-order valence-corrected chi connectivity index (χ0v) is 9.69. The van der Waals surface area contributed by atoms with Crippen molar-refractivity contribution in [2.75, 3.05) is 7.11 Å². The van der Waals surface area contributed by atoms with Gasteiger partial charge in [-0.2, -0.15) is 0 Å². The van der Waals surface area contributed by atoms with Crippen LogP contribution in [0, 0.1) is 0 Å². The highest BCUT2D eigenvalue weighted by atomic mass is 79.9. The molecule has 2 nitrogen and oxygen atoms in total. The summed E-state index contributed by atoms with van der Waals surface area (Å²) in [6.45, 7) is 0. The van der Waals surface area contributed by atoms with Crippen molar-refractivity contribution in [1.82, 2.24) is 4.98 Å². The molecule has 0 unspecified atom stereocenters. The summed E-state index contributed by atoms with van der Waals surface area (Å²) in [5, 5.41) is 0. The monoisotopic (exact) mass is 315 g/mol. The number of nitrogens with zero attached hydrogens (tertiary/aromatic N) is 1. The summed E-state index contributed by atoms with van der Waals surface area (Å²) in [6, 6.07) is 0. The highest BCUT2D eigenvalue weighted by Gasteiger charge is 2.20. The SMILES string of the molecule is COc1c(Br)ncc(Br)c1C(F)F. The number of hydrogen-bond donors (Lipinski definition) is 0. The molecule has 0 aliphatic rings. The van der Waals surface area contributed by atoms with Gasteiger partial charge in [-0.3, -0.25) is 0 Å². The smallest absolute Gasteiger partial charge is 0.268 e. The van der Waals surface area contributed by atoms with Gasteiger partial charge in [0.05, 0.1) is 12.7 Å². The Morgan fingerprint density at radius 2 is 2.08 bits per heavy atom. The van der Waals surface area contributed by atoms with Gasteiger partial charge in [0.15, 0.2) is 5.75 Å². The number of hydrogen-bond acceptors (Lipinski definition) is 2. The van der Waals surface area contributed by atoms with Crippen LogP contribution in [-0.2, 0) is 0 Å². The Labute approximate surface area is 90.6 Å². The second-order valence-corrected chi connectivity index (χ2v) is 3.75. The van der Waals surface area contributed by atoms with Crippen LogP contribution in [-0.4, -0.2) is 12.1 Å². The van der Waals surface area contributed by atoms with Crippen LogP contribution < -0.4 is 4.74 Å². The molecule has 0 spiro atoms. The lowest BCUT2D eigenvalue weighted by Gasteiger charge is -2.10. The van der Waals surface area contributed by atoms with Gasteiger partial charge in [-0.15, -0.1) is 0 Å². The molecule has 13 heavy (non-hydrogen) atoms. The van der Waals surface area contributed by atoms with Crippen LogP contribution in [0.2, 0.25) is 0 Å². The van der Waals surface area contributed by atoms with Crippen molar-refractivity contribution in [3.05, 3.63) is 20.8 Å². The second-order valence-electron chi connectivity index (χ2n) is 2.14. The maximum Gasteiger partial charge on any atom is 0.268 e. The number of alkyl halides is 2. The molecule has 0 aliphatic heterocycles. The van der Waals surface area contributed by atoms with E-state index < -0.39 is 6.43 Å². The van der Waals surface area contributed by atoms with E-state index in [1.807, 2.05) is 0 Å². The molecule has 0 saturated carbocycles. The number of halogens is 4. The average molecular weight is 317 g/mol. The third-order valence-electron chi connectivity index (χ3n) is 1.40. The topological polar surface area (TPSA) is 22.1 Å². The molecule has 0 fully saturated rings. The van der Waals surface area contributed by atoms with E-state index in [2.05, 4.69) is 36.8 Å². The summed E-state index contributed by atoms with van der Waals surface area (Å²) in [5.41, 5.74) is -0.190. The molecule has 1 rings (SSSR count). The quantitative estimate of drug-likeness (QED) is 0.778. The molecule has 72 valence electrons. The van der Waals surface area contributed by atoms with E-state index in [4.69, 9.17) is 4.74 Å². The minimum atomic E-state index is -2.59. The molecule has 1 aromatic rings. The lowest BCUT2D eigenvalue weighted by molar-refractivity contribution is 0.145. The zero-order chi connectivity index (χ0) is 10.0. The fourth-order valence-corrected chi connectivity index (χ4v) is 1.79. The summed E-state index contributed by atoms with van der Waals surface area (Å²) >= 11 is 6.00. The minimum absolute atomic E-state index is 0.0596. The van der Waals surface area contributed by atoms with Gasteiger partial charge in [-0.25, -0.2) is 13.8 Å². The molecule has 0 aliphatic carbocycles. The Balaban J connectivity index is 3.35. The lowest BCUT2D eigenvalue weighted by atomic mass is 10.2. The van der Waals surface area contributed by atoms with Crippen LogP contribution in [0.25, 0.3) is 0 Å². The first kappa shape index (κ1) is 10.8. The van der Waals surface area contributed by atoms with Crippen LogP contribution in [0.3, 0.4) is 0 Å². The molecule has 1 heterocycles. The second kappa shape index (κ2) is 4.32. The number of aromatic nitrogens is 1. The molecule has 0 atom stereocenters. The largest absolute Gasteiger partial charge is 0.493 e. The molecule has 0 aromatic carbocycles. The molecular formula is C7H5Br2F2NO. The van der Waals surface area contributed by atoms with Crippen LogP contribution in [0.4, 0.5) is 8.78 Å². The van der Waals surface area contributed by atoms with Gasteiger partial charge in [0.2, 0.25) is 0 Å². The van der Waals surface area contributed by atoms with Gasteiger partial charge >= 0.3 is 0 Å². The Bertz CT molecular complexity index is 320. The van der Waals surface area contributed by atoms with Crippen molar-refractivity contribution >= 4 is 31.9 Å². The maximum absolute atomic E-state index is 12.5. The van der Waals surface area contributed by atoms with Gasteiger partial charge in [0, 0.05) is 10.7 Å². The van der Waals surface area contributed by atoms with Crippen molar-refractivity contribution in [2.45, 2.75) is 6.43 Å². The van der Waals surface area contributed by atoms with Gasteiger partial charge in [0.25, 0.3) is 6.43 Å². The molecule has 0 saturated heterocycles. The summed E-state index contributed by atoms with van der Waals surface area (Å²) in [6.07, 6.45) is -1.29. The normalized spacial score (nSPS) is 10.6. The molecule has 6 heteroatoms. The summed E-state index contributed by atoms with van der Waals surface area (Å²) < 4.78 is 30.3. The Hall–Kier alpha value is -0.230. The van der Waals surface area contributed by atoms with Crippen LogP contribution in [0.1, 0.15) is 12.0 Å². The van der Waals surface area contributed by atoms with Crippen molar-refractivity contribution in [3.63, 3.8) is 0 Å². The van der Waals surface area contributed by atoms with E-state index in [0.29, 0.717) is 0 Å². The zero-order valence-electron chi connectivity index (χ0n) is 6.52.